The summed E-state index contributed by atoms with van der Waals surface area (Å²) in [5, 5.41) is 7.53. The zero-order valence-corrected chi connectivity index (χ0v) is 14.6. The molecule has 1 aliphatic heterocycles. The lowest BCUT2D eigenvalue weighted by molar-refractivity contribution is 0.198. The van der Waals surface area contributed by atoms with Gasteiger partial charge in [-0.25, -0.2) is 4.98 Å². The number of aromatic nitrogens is 4. The number of hydrogen-bond donors (Lipinski definition) is 1. The van der Waals surface area contributed by atoms with Crippen LogP contribution in [0.1, 0.15) is 34.3 Å². The van der Waals surface area contributed by atoms with Gasteiger partial charge in [0, 0.05) is 46.7 Å². The Labute approximate surface area is 145 Å². The van der Waals surface area contributed by atoms with Crippen LogP contribution in [-0.2, 0) is 6.54 Å². The van der Waals surface area contributed by atoms with Gasteiger partial charge in [0.25, 0.3) is 0 Å². The fourth-order valence-corrected chi connectivity index (χ4v) is 4.23. The summed E-state index contributed by atoms with van der Waals surface area (Å²) in [5.41, 5.74) is 0.960. The van der Waals surface area contributed by atoms with Gasteiger partial charge in [-0.05, 0) is 50.6 Å². The van der Waals surface area contributed by atoms with Crippen molar-refractivity contribution in [2.24, 2.45) is 0 Å². The van der Waals surface area contributed by atoms with Crippen molar-refractivity contribution in [1.29, 1.82) is 0 Å². The molecule has 0 bridgehead atoms. The Morgan fingerprint density at radius 2 is 2.29 bits per heavy atom. The summed E-state index contributed by atoms with van der Waals surface area (Å²) in [6.45, 7) is 5.41. The summed E-state index contributed by atoms with van der Waals surface area (Å²) < 4.78 is 0. The topological polar surface area (TPSA) is 57.7 Å². The molecule has 1 unspecified atom stereocenters. The van der Waals surface area contributed by atoms with Crippen LogP contribution in [-0.4, -0.2) is 38.2 Å². The van der Waals surface area contributed by atoms with Gasteiger partial charge in [0.15, 0.2) is 5.82 Å². The van der Waals surface area contributed by atoms with Crippen molar-refractivity contribution in [3.8, 4) is 11.4 Å². The number of aromatic amines is 1. The molecule has 1 atom stereocenters. The van der Waals surface area contributed by atoms with E-state index in [1.54, 1.807) is 12.4 Å². The first-order chi connectivity index (χ1) is 11.8. The van der Waals surface area contributed by atoms with E-state index >= 15 is 0 Å². The third-order valence-electron chi connectivity index (χ3n) is 4.49. The smallest absolute Gasteiger partial charge is 0.182 e. The second-order valence-electron chi connectivity index (χ2n) is 6.37. The highest BCUT2D eigenvalue weighted by Gasteiger charge is 2.24. The van der Waals surface area contributed by atoms with Gasteiger partial charge in [-0.3, -0.25) is 15.0 Å². The van der Waals surface area contributed by atoms with Crippen LogP contribution in [0.4, 0.5) is 0 Å². The Hall–Kier alpha value is -2.05. The van der Waals surface area contributed by atoms with E-state index < -0.39 is 0 Å². The standard InChI is InChI=1S/C18H21N5S/c1-13-6-7-16(24-13)12-23-9-3-5-15(11-23)18-20-17(21-22-18)14-4-2-8-19-10-14/h2,4,6-8,10,15H,3,5,9,11-12H2,1H3,(H,20,21,22). The molecule has 5 nitrogen and oxygen atoms in total. The normalized spacial score (nSPS) is 18.8. The second kappa shape index (κ2) is 6.83. The highest BCUT2D eigenvalue weighted by molar-refractivity contribution is 7.11. The van der Waals surface area contributed by atoms with Crippen molar-refractivity contribution >= 4 is 11.3 Å². The van der Waals surface area contributed by atoms with Gasteiger partial charge < -0.3 is 0 Å². The molecular weight excluding hydrogens is 318 g/mol. The molecule has 1 fully saturated rings. The monoisotopic (exact) mass is 339 g/mol. The zero-order valence-electron chi connectivity index (χ0n) is 13.8. The van der Waals surface area contributed by atoms with E-state index in [9.17, 15) is 0 Å². The van der Waals surface area contributed by atoms with Gasteiger partial charge in [0.1, 0.15) is 5.82 Å². The van der Waals surface area contributed by atoms with Crippen LogP contribution in [0.25, 0.3) is 11.4 Å². The first-order valence-corrected chi connectivity index (χ1v) is 9.20. The van der Waals surface area contributed by atoms with Crippen molar-refractivity contribution in [2.75, 3.05) is 13.1 Å². The quantitative estimate of drug-likeness (QED) is 0.789. The van der Waals surface area contributed by atoms with E-state index in [0.29, 0.717) is 5.92 Å². The lowest BCUT2D eigenvalue weighted by atomic mass is 9.97. The second-order valence-corrected chi connectivity index (χ2v) is 7.75. The molecule has 24 heavy (non-hydrogen) atoms. The number of nitrogens with one attached hydrogen (secondary N) is 1. The maximum absolute atomic E-state index is 4.72. The lowest BCUT2D eigenvalue weighted by Crippen LogP contribution is -2.34. The van der Waals surface area contributed by atoms with Crippen LogP contribution in [0.15, 0.2) is 36.7 Å². The number of rotatable bonds is 4. The van der Waals surface area contributed by atoms with E-state index in [1.807, 2.05) is 23.5 Å². The molecular formula is C18H21N5S. The molecule has 0 amide bonds. The van der Waals surface area contributed by atoms with Crippen LogP contribution in [0.5, 0.6) is 0 Å². The number of hydrogen-bond acceptors (Lipinski definition) is 5. The first kappa shape index (κ1) is 15.5. The fraction of sp³-hybridized carbons (Fsp3) is 0.389. The van der Waals surface area contributed by atoms with Crippen LogP contribution in [0.2, 0.25) is 0 Å². The van der Waals surface area contributed by atoms with Crippen molar-refractivity contribution in [1.82, 2.24) is 25.1 Å². The molecule has 4 rings (SSSR count). The van der Waals surface area contributed by atoms with Crippen molar-refractivity contribution in [3.63, 3.8) is 0 Å². The number of thiophene rings is 1. The van der Waals surface area contributed by atoms with Crippen LogP contribution in [0.3, 0.4) is 0 Å². The first-order valence-electron chi connectivity index (χ1n) is 8.38. The molecule has 4 heterocycles. The van der Waals surface area contributed by atoms with E-state index in [1.165, 1.54) is 22.6 Å². The van der Waals surface area contributed by atoms with E-state index in [4.69, 9.17) is 4.98 Å². The average Bonchev–Trinajstić information content (AvgIpc) is 3.25. The van der Waals surface area contributed by atoms with Gasteiger partial charge in [0.05, 0.1) is 0 Å². The zero-order chi connectivity index (χ0) is 16.4. The van der Waals surface area contributed by atoms with Gasteiger partial charge in [-0.15, -0.1) is 11.3 Å². The highest BCUT2D eigenvalue weighted by atomic mass is 32.1. The number of nitrogens with zero attached hydrogens (tertiary/aromatic N) is 4. The molecule has 6 heteroatoms. The Bertz CT molecular complexity index is 795. The van der Waals surface area contributed by atoms with Gasteiger partial charge >= 0.3 is 0 Å². The van der Waals surface area contributed by atoms with Crippen LogP contribution < -0.4 is 0 Å². The Morgan fingerprint density at radius 1 is 1.33 bits per heavy atom. The summed E-state index contributed by atoms with van der Waals surface area (Å²) >= 11 is 1.90. The van der Waals surface area contributed by atoms with Crippen molar-refractivity contribution < 1.29 is 0 Å². The summed E-state index contributed by atoms with van der Waals surface area (Å²) in [4.78, 5) is 14.2. The summed E-state index contributed by atoms with van der Waals surface area (Å²) in [6.07, 6.45) is 5.95. The SMILES string of the molecule is Cc1ccc(CN2CCCC(c3nc(-c4cccnc4)n[nH]3)C2)s1. The third kappa shape index (κ3) is 3.39. The molecule has 0 saturated carbocycles. The Morgan fingerprint density at radius 3 is 3.08 bits per heavy atom. The molecule has 1 N–H and O–H groups in total. The summed E-state index contributed by atoms with van der Waals surface area (Å²) in [5.74, 6) is 2.17. The van der Waals surface area contributed by atoms with Gasteiger partial charge in [-0.1, -0.05) is 0 Å². The molecule has 1 aliphatic rings. The molecule has 3 aromatic heterocycles. The molecule has 0 aliphatic carbocycles. The average molecular weight is 339 g/mol. The minimum Gasteiger partial charge on any atom is -0.298 e. The molecule has 3 aromatic rings. The lowest BCUT2D eigenvalue weighted by Gasteiger charge is -2.31. The number of pyridine rings is 1. The largest absolute Gasteiger partial charge is 0.298 e. The van der Waals surface area contributed by atoms with E-state index in [-0.39, 0.29) is 0 Å². The molecule has 124 valence electrons. The molecule has 0 radical (unpaired) electrons. The maximum Gasteiger partial charge on any atom is 0.182 e. The maximum atomic E-state index is 4.72. The fourth-order valence-electron chi connectivity index (χ4n) is 3.29. The number of aryl methyl sites for hydroxylation is 1. The predicted molar refractivity (Wildman–Crippen MR) is 95.9 cm³/mol. The van der Waals surface area contributed by atoms with Crippen LogP contribution >= 0.6 is 11.3 Å². The van der Waals surface area contributed by atoms with E-state index in [2.05, 4.69) is 39.1 Å². The van der Waals surface area contributed by atoms with Gasteiger partial charge in [0.2, 0.25) is 0 Å². The predicted octanol–water partition coefficient (Wildman–Crippen LogP) is 3.62. The Kier molecular flexibility index (Phi) is 4.40. The minimum absolute atomic E-state index is 0.428. The summed E-state index contributed by atoms with van der Waals surface area (Å²) in [6, 6.07) is 8.36. The third-order valence-corrected chi connectivity index (χ3v) is 5.48. The molecule has 0 aromatic carbocycles. The Balaban J connectivity index is 1.45. The molecule has 0 spiro atoms. The van der Waals surface area contributed by atoms with Crippen molar-refractivity contribution in [2.45, 2.75) is 32.2 Å². The number of H-pyrrole nitrogens is 1. The summed E-state index contributed by atoms with van der Waals surface area (Å²) in [7, 11) is 0. The van der Waals surface area contributed by atoms with Gasteiger partial charge in [-0.2, -0.15) is 5.10 Å². The van der Waals surface area contributed by atoms with Crippen LogP contribution in [0, 0.1) is 6.92 Å². The highest BCUT2D eigenvalue weighted by Crippen LogP contribution is 2.28. The number of likely N-dealkylation sites (tertiary alicyclic amines) is 1. The molecule has 1 saturated heterocycles. The number of piperidine rings is 1. The van der Waals surface area contributed by atoms with E-state index in [0.717, 1.165) is 36.8 Å². The minimum atomic E-state index is 0.428. The van der Waals surface area contributed by atoms with Crippen molar-refractivity contribution in [3.05, 3.63) is 52.2 Å².